The van der Waals surface area contributed by atoms with Gasteiger partial charge >= 0.3 is 29.6 Å². The fourth-order valence-corrected chi connectivity index (χ4v) is 0.439. The van der Waals surface area contributed by atoms with Crippen LogP contribution in [0.15, 0.2) is 18.5 Å². The predicted octanol–water partition coefficient (Wildman–Crippen LogP) is -1.86. The van der Waals surface area contributed by atoms with E-state index in [2.05, 4.69) is 22.2 Å². The Kier molecular flexibility index (Phi) is 4.36. The van der Waals surface area contributed by atoms with E-state index >= 15 is 0 Å². The van der Waals surface area contributed by atoms with Crippen LogP contribution in [0, 0.1) is 4.77 Å². The molecule has 1 aromatic heterocycles. The van der Waals surface area contributed by atoms with E-state index in [4.69, 9.17) is 0 Å². The first-order chi connectivity index (χ1) is 3.39. The van der Waals surface area contributed by atoms with E-state index in [0.29, 0.717) is 4.77 Å². The number of aromatic nitrogens is 2. The number of aromatic amines is 1. The van der Waals surface area contributed by atoms with Gasteiger partial charge in [-0.1, -0.05) is 0 Å². The molecular weight excluding hydrogens is 131 g/mol. The fourth-order valence-electron chi connectivity index (χ4n) is 0.310. The summed E-state index contributed by atoms with van der Waals surface area (Å²) < 4.78 is 0.530. The second-order valence-electron chi connectivity index (χ2n) is 1.09. The van der Waals surface area contributed by atoms with Crippen molar-refractivity contribution < 1.29 is 29.6 Å². The minimum absolute atomic E-state index is 0. The molecule has 1 N–H and O–H groups in total. The van der Waals surface area contributed by atoms with Gasteiger partial charge < -0.3 is 4.98 Å². The molecule has 0 fully saturated rings. The van der Waals surface area contributed by atoms with Crippen molar-refractivity contribution in [1.29, 1.82) is 0 Å². The third kappa shape index (κ3) is 2.57. The second kappa shape index (κ2) is 4.21. The predicted molar refractivity (Wildman–Crippen MR) is 29.4 cm³/mol. The Balaban J connectivity index is 0.000000490. The molecule has 2 nitrogen and oxygen atoms in total. The molecule has 36 valence electrons. The van der Waals surface area contributed by atoms with Crippen LogP contribution in [0.2, 0.25) is 0 Å². The number of nitrogens with zero attached hydrogens (tertiary/aromatic N) is 1. The van der Waals surface area contributed by atoms with Crippen molar-refractivity contribution in [1.82, 2.24) is 9.97 Å². The van der Waals surface area contributed by atoms with Crippen LogP contribution in [0.25, 0.3) is 0 Å². The van der Waals surface area contributed by atoms with Crippen molar-refractivity contribution >= 4 is 12.2 Å². The van der Waals surface area contributed by atoms with E-state index < -0.39 is 0 Å². The van der Waals surface area contributed by atoms with Crippen molar-refractivity contribution in [2.45, 2.75) is 0 Å². The Bertz CT molecular complexity index is 180. The molecule has 4 heteroatoms. The molecule has 0 bridgehead atoms. The first-order valence-corrected chi connectivity index (χ1v) is 2.30. The Labute approximate surface area is 74.6 Å². The molecule has 1 aromatic rings. The van der Waals surface area contributed by atoms with Crippen molar-refractivity contribution in [3.8, 4) is 0 Å². The molecule has 0 aromatic carbocycles. The Morgan fingerprint density at radius 3 is 2.62 bits per heavy atom. The van der Waals surface area contributed by atoms with Crippen LogP contribution in [0.5, 0.6) is 0 Å². The van der Waals surface area contributed by atoms with Gasteiger partial charge in [-0.05, 0) is 18.3 Å². The number of rotatable bonds is 0. The zero-order chi connectivity index (χ0) is 5.11. The minimum atomic E-state index is 0. The van der Waals surface area contributed by atoms with Gasteiger partial charge in [-0.3, -0.25) is 0 Å². The maximum absolute atomic E-state index is 4.65. The zero-order valence-electron chi connectivity index (χ0n) is 4.59. The average molecular weight is 135 g/mol. The number of hydrogen-bond acceptors (Lipinski definition) is 2. The summed E-state index contributed by atoms with van der Waals surface area (Å²) in [7, 11) is 0. The van der Waals surface area contributed by atoms with E-state index in [-0.39, 0.29) is 29.6 Å². The average Bonchev–Trinajstić information content (AvgIpc) is 1.69. The zero-order valence-corrected chi connectivity index (χ0v) is 7.40. The SMILES string of the molecule is S=c1nccc[nH]1.[Na+]. The summed E-state index contributed by atoms with van der Waals surface area (Å²) >= 11 is 4.65. The molecule has 0 unspecified atom stereocenters. The fraction of sp³-hybridized carbons (Fsp3) is 0. The maximum Gasteiger partial charge on any atom is 1.00 e. The van der Waals surface area contributed by atoms with Gasteiger partial charge in [0.15, 0.2) is 4.77 Å². The van der Waals surface area contributed by atoms with Crippen LogP contribution >= 0.6 is 12.2 Å². The van der Waals surface area contributed by atoms with Gasteiger partial charge in [0, 0.05) is 12.4 Å². The van der Waals surface area contributed by atoms with E-state index in [1.807, 2.05) is 0 Å². The first-order valence-electron chi connectivity index (χ1n) is 1.89. The molecule has 0 aliphatic rings. The second-order valence-corrected chi connectivity index (χ2v) is 1.47. The molecule has 0 spiro atoms. The van der Waals surface area contributed by atoms with Crippen molar-refractivity contribution in [2.24, 2.45) is 0 Å². The summed E-state index contributed by atoms with van der Waals surface area (Å²) in [5, 5.41) is 0. The number of H-pyrrole nitrogens is 1. The Hall–Kier alpha value is 0.300. The van der Waals surface area contributed by atoms with Gasteiger partial charge in [-0.2, -0.15) is 0 Å². The largest absolute Gasteiger partial charge is 1.00 e. The van der Waals surface area contributed by atoms with Gasteiger partial charge in [0.1, 0.15) is 0 Å². The van der Waals surface area contributed by atoms with Crippen molar-refractivity contribution in [2.75, 3.05) is 0 Å². The summed E-state index contributed by atoms with van der Waals surface area (Å²) in [6.45, 7) is 0. The summed E-state index contributed by atoms with van der Waals surface area (Å²) in [6, 6.07) is 1.79. The topological polar surface area (TPSA) is 28.7 Å². The molecule has 0 atom stereocenters. The summed E-state index contributed by atoms with van der Waals surface area (Å²) in [5.74, 6) is 0. The molecule has 0 saturated heterocycles. The number of nitrogens with one attached hydrogen (secondary N) is 1. The van der Waals surface area contributed by atoms with Gasteiger partial charge in [0.05, 0.1) is 0 Å². The van der Waals surface area contributed by atoms with E-state index in [1.165, 1.54) is 0 Å². The van der Waals surface area contributed by atoms with Crippen LogP contribution in [0.4, 0.5) is 0 Å². The van der Waals surface area contributed by atoms with Gasteiger partial charge in [0.25, 0.3) is 0 Å². The smallest absolute Gasteiger partial charge is 0.337 e. The van der Waals surface area contributed by atoms with Gasteiger partial charge in [-0.25, -0.2) is 4.98 Å². The molecule has 0 saturated carbocycles. The van der Waals surface area contributed by atoms with Crippen molar-refractivity contribution in [3.63, 3.8) is 0 Å². The minimum Gasteiger partial charge on any atom is -0.337 e. The molecular formula is C4H4N2NaS+. The molecule has 0 aliphatic heterocycles. The Morgan fingerprint density at radius 2 is 2.38 bits per heavy atom. The standard InChI is InChI=1S/C4H4N2S.Na/c7-4-5-2-1-3-6-4;/h1-3H,(H,5,6,7);/q;+1. The van der Waals surface area contributed by atoms with Crippen LogP contribution < -0.4 is 29.6 Å². The normalized spacial score (nSPS) is 7.50. The van der Waals surface area contributed by atoms with E-state index in [1.54, 1.807) is 18.5 Å². The number of hydrogen-bond donors (Lipinski definition) is 1. The maximum atomic E-state index is 4.65. The summed E-state index contributed by atoms with van der Waals surface area (Å²) in [6.07, 6.45) is 3.40. The van der Waals surface area contributed by atoms with E-state index in [9.17, 15) is 0 Å². The third-order valence-corrected chi connectivity index (χ3v) is 0.804. The molecule has 0 amide bonds. The van der Waals surface area contributed by atoms with Crippen LogP contribution in [-0.4, -0.2) is 9.97 Å². The van der Waals surface area contributed by atoms with Gasteiger partial charge in [-0.15, -0.1) is 0 Å². The summed E-state index contributed by atoms with van der Waals surface area (Å²) in [4.78, 5) is 6.47. The monoisotopic (exact) mass is 135 g/mol. The van der Waals surface area contributed by atoms with Crippen molar-refractivity contribution in [3.05, 3.63) is 23.2 Å². The molecule has 1 heterocycles. The third-order valence-electron chi connectivity index (χ3n) is 0.581. The molecule has 0 radical (unpaired) electrons. The first kappa shape index (κ1) is 8.30. The summed E-state index contributed by atoms with van der Waals surface area (Å²) in [5.41, 5.74) is 0. The Morgan fingerprint density at radius 1 is 1.62 bits per heavy atom. The molecule has 1 rings (SSSR count). The van der Waals surface area contributed by atoms with Crippen LogP contribution in [0.1, 0.15) is 0 Å². The molecule has 8 heavy (non-hydrogen) atoms. The van der Waals surface area contributed by atoms with E-state index in [0.717, 1.165) is 0 Å². The molecule has 0 aliphatic carbocycles. The van der Waals surface area contributed by atoms with Crippen LogP contribution in [0.3, 0.4) is 0 Å². The quantitative estimate of drug-likeness (QED) is 0.334. The van der Waals surface area contributed by atoms with Gasteiger partial charge in [0.2, 0.25) is 0 Å². The van der Waals surface area contributed by atoms with Crippen LogP contribution in [-0.2, 0) is 0 Å².